The smallest absolute Gasteiger partial charge is 0.320 e. The molecule has 0 saturated heterocycles. The maximum Gasteiger partial charge on any atom is 0.320 e. The third kappa shape index (κ3) is 3.88. The molecule has 0 amide bonds. The molecule has 1 N–H and O–H groups in total. The molecule has 0 bridgehead atoms. The van der Waals surface area contributed by atoms with E-state index in [0.717, 1.165) is 27.5 Å². The molecule has 1 aromatic heterocycles. The average molecular weight is 274 g/mol. The van der Waals surface area contributed by atoms with Crippen LogP contribution in [0.2, 0.25) is 6.82 Å². The molecule has 5 heteroatoms. The van der Waals surface area contributed by atoms with Gasteiger partial charge in [-0.25, -0.2) is 0 Å². The highest BCUT2D eigenvalue weighted by Gasteiger charge is 2.15. The van der Waals surface area contributed by atoms with Crippen molar-refractivity contribution in [1.29, 1.82) is 0 Å². The van der Waals surface area contributed by atoms with Gasteiger partial charge in [-0.1, -0.05) is 63.2 Å². The normalized spacial score (nSPS) is 11.6. The van der Waals surface area contributed by atoms with Gasteiger partial charge in [0, 0.05) is 12.0 Å². The molecule has 0 radical (unpaired) electrons. The molecule has 0 aliphatic carbocycles. The van der Waals surface area contributed by atoms with Gasteiger partial charge in [0.25, 0.3) is 0 Å². The maximum atomic E-state index is 9.49. The molecule has 3 nitrogen and oxygen atoms in total. The predicted molar refractivity (Wildman–Crippen MR) is 82.0 cm³/mol. The molecule has 0 spiro atoms. The lowest BCUT2D eigenvalue weighted by atomic mass is 9.64. The van der Waals surface area contributed by atoms with E-state index >= 15 is 0 Å². The maximum absolute atomic E-state index is 9.49. The minimum absolute atomic E-state index is 0.229. The van der Waals surface area contributed by atoms with Crippen LogP contribution in [0.3, 0.4) is 0 Å². The molecule has 0 atom stereocenters. The summed E-state index contributed by atoms with van der Waals surface area (Å²) in [5.41, 5.74) is 2.21. The summed E-state index contributed by atoms with van der Waals surface area (Å²) in [5, 5.41) is 20.0. The van der Waals surface area contributed by atoms with E-state index in [-0.39, 0.29) is 5.41 Å². The summed E-state index contributed by atoms with van der Waals surface area (Å²) >= 11 is 1.64. The fourth-order valence-corrected chi connectivity index (χ4v) is 2.95. The van der Waals surface area contributed by atoms with Crippen molar-refractivity contribution < 1.29 is 5.02 Å². The van der Waals surface area contributed by atoms with Crippen LogP contribution < -0.4 is 5.46 Å². The second kappa shape index (κ2) is 5.43. The van der Waals surface area contributed by atoms with Crippen LogP contribution in [0.25, 0.3) is 10.6 Å². The summed E-state index contributed by atoms with van der Waals surface area (Å²) in [4.78, 5) is 0. The van der Waals surface area contributed by atoms with Crippen molar-refractivity contribution in [3.63, 3.8) is 0 Å². The van der Waals surface area contributed by atoms with Gasteiger partial charge in [-0.3, -0.25) is 0 Å². The van der Waals surface area contributed by atoms with Crippen LogP contribution >= 0.6 is 11.3 Å². The third-order valence-electron chi connectivity index (χ3n) is 2.79. The van der Waals surface area contributed by atoms with Crippen molar-refractivity contribution in [2.24, 2.45) is 5.41 Å². The average Bonchev–Trinajstić information content (AvgIpc) is 2.75. The summed E-state index contributed by atoms with van der Waals surface area (Å²) < 4.78 is 0. The molecule has 19 heavy (non-hydrogen) atoms. The van der Waals surface area contributed by atoms with Crippen LogP contribution in [0, 0.1) is 5.41 Å². The zero-order valence-electron chi connectivity index (χ0n) is 11.8. The summed E-state index contributed by atoms with van der Waals surface area (Å²) in [6.45, 7) is 7.93. The monoisotopic (exact) mass is 274 g/mol. The fourth-order valence-electron chi connectivity index (χ4n) is 1.80. The van der Waals surface area contributed by atoms with E-state index in [2.05, 4.69) is 31.0 Å². The largest absolute Gasteiger partial charge is 0.447 e. The Hall–Kier alpha value is -1.20. The second-order valence-electron chi connectivity index (χ2n) is 6.04. The van der Waals surface area contributed by atoms with Crippen molar-refractivity contribution in [1.82, 2.24) is 10.2 Å². The van der Waals surface area contributed by atoms with Crippen LogP contribution in [-0.4, -0.2) is 22.1 Å². The molecule has 0 saturated carbocycles. The van der Waals surface area contributed by atoms with Crippen LogP contribution in [0.4, 0.5) is 0 Å². The number of nitrogens with zero attached hydrogens (tertiary/aromatic N) is 2. The molecule has 0 unspecified atom stereocenters. The van der Waals surface area contributed by atoms with Gasteiger partial charge in [0.2, 0.25) is 0 Å². The van der Waals surface area contributed by atoms with Crippen molar-refractivity contribution in [3.05, 3.63) is 29.3 Å². The molecule has 2 rings (SSSR count). The second-order valence-corrected chi connectivity index (χ2v) is 7.10. The first-order valence-corrected chi connectivity index (χ1v) is 7.27. The molecule has 0 aliphatic heterocycles. The standard InChI is InChI=1S/C14H19BN2OS/c1-14(2,3)9-12-16-17-13(19-12)10-5-7-11(8-6-10)15(4)18/h5-8,18H,9H2,1-4H3. The lowest BCUT2D eigenvalue weighted by Crippen LogP contribution is -2.25. The van der Waals surface area contributed by atoms with E-state index in [1.165, 1.54) is 0 Å². The summed E-state index contributed by atoms with van der Waals surface area (Å²) in [5.74, 6) is 0. The van der Waals surface area contributed by atoms with Gasteiger partial charge in [0.05, 0.1) is 0 Å². The topological polar surface area (TPSA) is 46.0 Å². The lowest BCUT2D eigenvalue weighted by Gasteiger charge is -2.14. The Labute approximate surface area is 118 Å². The molecule has 2 aromatic rings. The van der Waals surface area contributed by atoms with E-state index in [0.29, 0.717) is 0 Å². The Bertz CT molecular complexity index is 543. The van der Waals surface area contributed by atoms with Gasteiger partial charge in [0.1, 0.15) is 10.0 Å². The quantitative estimate of drug-likeness (QED) is 0.875. The van der Waals surface area contributed by atoms with Crippen molar-refractivity contribution in [2.45, 2.75) is 34.0 Å². The van der Waals surface area contributed by atoms with E-state index in [1.54, 1.807) is 18.2 Å². The summed E-state index contributed by atoms with van der Waals surface area (Å²) in [7, 11) is 0. The van der Waals surface area contributed by atoms with Crippen LogP contribution in [0.15, 0.2) is 24.3 Å². The molecular weight excluding hydrogens is 255 g/mol. The SMILES string of the molecule is CB(O)c1ccc(-c2nnc(CC(C)(C)C)s2)cc1. The Morgan fingerprint density at radius 1 is 1.16 bits per heavy atom. The summed E-state index contributed by atoms with van der Waals surface area (Å²) in [6, 6.07) is 7.85. The molecule has 0 aliphatic rings. The molecule has 1 heterocycles. The molecule has 0 fully saturated rings. The number of hydrogen-bond acceptors (Lipinski definition) is 4. The number of benzene rings is 1. The van der Waals surface area contributed by atoms with Gasteiger partial charge < -0.3 is 5.02 Å². The van der Waals surface area contributed by atoms with Crippen LogP contribution in [0.5, 0.6) is 0 Å². The lowest BCUT2D eigenvalue weighted by molar-refractivity contribution is 0.409. The van der Waals surface area contributed by atoms with Crippen LogP contribution in [0.1, 0.15) is 25.8 Å². The molecular formula is C14H19BN2OS. The highest BCUT2D eigenvalue weighted by molar-refractivity contribution is 7.14. The Kier molecular flexibility index (Phi) is 4.06. The minimum Gasteiger partial charge on any atom is -0.447 e. The van der Waals surface area contributed by atoms with Gasteiger partial charge in [-0.05, 0) is 10.9 Å². The zero-order valence-corrected chi connectivity index (χ0v) is 12.7. The number of aromatic nitrogens is 2. The van der Waals surface area contributed by atoms with Crippen molar-refractivity contribution >= 4 is 23.7 Å². The van der Waals surface area contributed by atoms with E-state index in [9.17, 15) is 5.02 Å². The van der Waals surface area contributed by atoms with Gasteiger partial charge >= 0.3 is 6.92 Å². The zero-order chi connectivity index (χ0) is 14.0. The summed E-state index contributed by atoms with van der Waals surface area (Å²) in [6.07, 6.45) is 0.941. The molecule has 1 aromatic carbocycles. The van der Waals surface area contributed by atoms with E-state index in [4.69, 9.17) is 0 Å². The van der Waals surface area contributed by atoms with Crippen LogP contribution in [-0.2, 0) is 6.42 Å². The van der Waals surface area contributed by atoms with E-state index in [1.807, 2.05) is 24.3 Å². The predicted octanol–water partition coefficient (Wildman–Crippen LogP) is 2.61. The molecule has 100 valence electrons. The number of rotatable bonds is 3. The Morgan fingerprint density at radius 3 is 2.32 bits per heavy atom. The van der Waals surface area contributed by atoms with E-state index < -0.39 is 6.92 Å². The van der Waals surface area contributed by atoms with Crippen molar-refractivity contribution in [2.75, 3.05) is 0 Å². The third-order valence-corrected chi connectivity index (χ3v) is 3.76. The Morgan fingerprint density at radius 2 is 1.79 bits per heavy atom. The van der Waals surface area contributed by atoms with Gasteiger partial charge in [-0.2, -0.15) is 0 Å². The Balaban J connectivity index is 2.18. The first-order valence-electron chi connectivity index (χ1n) is 6.46. The highest BCUT2D eigenvalue weighted by atomic mass is 32.1. The van der Waals surface area contributed by atoms with Gasteiger partial charge in [-0.15, -0.1) is 10.2 Å². The fraction of sp³-hybridized carbons (Fsp3) is 0.429. The first kappa shape index (κ1) is 14.2. The van der Waals surface area contributed by atoms with Crippen molar-refractivity contribution in [3.8, 4) is 10.6 Å². The minimum atomic E-state index is -0.431. The number of hydrogen-bond donors (Lipinski definition) is 1. The first-order chi connectivity index (χ1) is 8.85. The van der Waals surface area contributed by atoms with Gasteiger partial charge in [0.15, 0.2) is 0 Å². The highest BCUT2D eigenvalue weighted by Crippen LogP contribution is 2.27.